The van der Waals surface area contributed by atoms with Crippen LogP contribution in [-0.4, -0.2) is 22.4 Å². The molecule has 114 valence electrons. The summed E-state index contributed by atoms with van der Waals surface area (Å²) in [4.78, 5) is 0. The summed E-state index contributed by atoms with van der Waals surface area (Å²) < 4.78 is 1.99. The van der Waals surface area contributed by atoms with Gasteiger partial charge in [0.15, 0.2) is 0 Å². The van der Waals surface area contributed by atoms with Gasteiger partial charge in [0.05, 0.1) is 5.69 Å². The highest BCUT2D eigenvalue weighted by Gasteiger charge is 2.16. The van der Waals surface area contributed by atoms with E-state index in [-0.39, 0.29) is 0 Å². The number of nitrogens with one attached hydrogen (secondary N) is 1. The second kappa shape index (κ2) is 7.41. The molecule has 3 heteroatoms. The third-order valence-corrected chi connectivity index (χ3v) is 4.12. The summed E-state index contributed by atoms with van der Waals surface area (Å²) in [5, 5.41) is 8.23. The van der Waals surface area contributed by atoms with Gasteiger partial charge in [0.25, 0.3) is 0 Å². The lowest BCUT2D eigenvalue weighted by Crippen LogP contribution is -2.34. The zero-order valence-corrected chi connectivity index (χ0v) is 13.7. The van der Waals surface area contributed by atoms with E-state index < -0.39 is 0 Å². The molecule has 0 bridgehead atoms. The third-order valence-electron chi connectivity index (χ3n) is 4.12. The minimum absolute atomic E-state index is 0.467. The Morgan fingerprint density at radius 3 is 2.43 bits per heavy atom. The second-order valence-corrected chi connectivity index (χ2v) is 5.82. The molecule has 0 fully saturated rings. The van der Waals surface area contributed by atoms with Gasteiger partial charge in [0.2, 0.25) is 0 Å². The molecule has 0 aliphatic rings. The normalized spacial score (nSPS) is 12.6. The number of rotatable bonds is 7. The van der Waals surface area contributed by atoms with Crippen molar-refractivity contribution in [1.82, 2.24) is 15.1 Å². The molecule has 2 aromatic rings. The van der Waals surface area contributed by atoms with Gasteiger partial charge in [0, 0.05) is 18.8 Å². The number of hydrogen-bond donors (Lipinski definition) is 1. The van der Waals surface area contributed by atoms with Crippen molar-refractivity contribution in [2.45, 2.75) is 46.1 Å². The van der Waals surface area contributed by atoms with Crippen LogP contribution < -0.4 is 5.32 Å². The Labute approximate surface area is 128 Å². The topological polar surface area (TPSA) is 29.9 Å². The zero-order chi connectivity index (χ0) is 15.2. The van der Waals surface area contributed by atoms with Crippen LogP contribution in [0.25, 0.3) is 0 Å². The van der Waals surface area contributed by atoms with Gasteiger partial charge in [-0.1, -0.05) is 37.3 Å². The highest BCUT2D eigenvalue weighted by molar-refractivity contribution is 5.26. The summed E-state index contributed by atoms with van der Waals surface area (Å²) in [6.07, 6.45) is 3.27. The molecule has 2 rings (SSSR count). The van der Waals surface area contributed by atoms with Gasteiger partial charge in [-0.25, -0.2) is 0 Å². The Kier molecular flexibility index (Phi) is 5.57. The van der Waals surface area contributed by atoms with Crippen LogP contribution in [0.2, 0.25) is 0 Å². The average molecular weight is 285 g/mol. The van der Waals surface area contributed by atoms with Crippen molar-refractivity contribution < 1.29 is 0 Å². The van der Waals surface area contributed by atoms with Crippen molar-refractivity contribution in [3.8, 4) is 0 Å². The SMILES string of the molecule is CCCNC(Cc1ccccc1)Cc1c(C)nn(C)c1C. The van der Waals surface area contributed by atoms with Gasteiger partial charge in [-0.15, -0.1) is 0 Å². The van der Waals surface area contributed by atoms with E-state index in [0.717, 1.165) is 31.5 Å². The molecule has 1 unspecified atom stereocenters. The van der Waals surface area contributed by atoms with E-state index >= 15 is 0 Å². The molecule has 0 saturated heterocycles. The average Bonchev–Trinajstić information content (AvgIpc) is 2.72. The molecule has 0 radical (unpaired) electrons. The molecule has 1 N–H and O–H groups in total. The Morgan fingerprint density at radius 2 is 1.86 bits per heavy atom. The first kappa shape index (κ1) is 15.8. The molecule has 0 spiro atoms. The van der Waals surface area contributed by atoms with E-state index in [0.29, 0.717) is 6.04 Å². The van der Waals surface area contributed by atoms with E-state index in [1.165, 1.54) is 16.8 Å². The fourth-order valence-corrected chi connectivity index (χ4v) is 2.82. The molecule has 0 aliphatic heterocycles. The predicted molar refractivity (Wildman–Crippen MR) is 88.6 cm³/mol. The summed E-state index contributed by atoms with van der Waals surface area (Å²) >= 11 is 0. The number of benzene rings is 1. The summed E-state index contributed by atoms with van der Waals surface area (Å²) in [6, 6.07) is 11.2. The molecular formula is C18H27N3. The summed E-state index contributed by atoms with van der Waals surface area (Å²) in [6.45, 7) is 7.56. The van der Waals surface area contributed by atoms with Crippen molar-refractivity contribution in [2.75, 3.05) is 6.54 Å². The molecule has 1 aromatic heterocycles. The lowest BCUT2D eigenvalue weighted by molar-refractivity contribution is 0.503. The maximum Gasteiger partial charge on any atom is 0.0628 e. The highest BCUT2D eigenvalue weighted by atomic mass is 15.3. The summed E-state index contributed by atoms with van der Waals surface area (Å²) in [7, 11) is 2.03. The van der Waals surface area contributed by atoms with Crippen LogP contribution >= 0.6 is 0 Å². The molecule has 0 amide bonds. The third kappa shape index (κ3) is 4.18. The smallest absolute Gasteiger partial charge is 0.0628 e. The predicted octanol–water partition coefficient (Wildman–Crippen LogP) is 3.19. The Balaban J connectivity index is 2.12. The van der Waals surface area contributed by atoms with Gasteiger partial charge in [-0.2, -0.15) is 5.10 Å². The first-order valence-corrected chi connectivity index (χ1v) is 7.88. The van der Waals surface area contributed by atoms with Crippen LogP contribution in [0.3, 0.4) is 0 Å². The zero-order valence-electron chi connectivity index (χ0n) is 13.7. The monoisotopic (exact) mass is 285 g/mol. The maximum absolute atomic E-state index is 4.54. The van der Waals surface area contributed by atoms with E-state index in [1.54, 1.807) is 0 Å². The van der Waals surface area contributed by atoms with Crippen molar-refractivity contribution in [1.29, 1.82) is 0 Å². The van der Waals surface area contributed by atoms with E-state index in [4.69, 9.17) is 0 Å². The van der Waals surface area contributed by atoms with E-state index in [2.05, 4.69) is 61.5 Å². The van der Waals surface area contributed by atoms with Crippen LogP contribution in [0.1, 0.15) is 35.9 Å². The van der Waals surface area contributed by atoms with E-state index in [1.807, 2.05) is 11.7 Å². The standard InChI is InChI=1S/C18H27N3/c1-5-11-19-17(12-16-9-7-6-8-10-16)13-18-14(2)20-21(4)15(18)3/h6-10,17,19H,5,11-13H2,1-4H3. The lowest BCUT2D eigenvalue weighted by atomic mass is 9.97. The molecule has 1 heterocycles. The fraction of sp³-hybridized carbons (Fsp3) is 0.500. The minimum Gasteiger partial charge on any atom is -0.313 e. The number of aryl methyl sites for hydroxylation is 2. The molecule has 3 nitrogen and oxygen atoms in total. The molecular weight excluding hydrogens is 258 g/mol. The molecule has 0 saturated carbocycles. The Hall–Kier alpha value is -1.61. The summed E-state index contributed by atoms with van der Waals surface area (Å²) in [5.74, 6) is 0. The minimum atomic E-state index is 0.467. The second-order valence-electron chi connectivity index (χ2n) is 5.82. The Bertz CT molecular complexity index is 557. The van der Waals surface area contributed by atoms with Gasteiger partial charge < -0.3 is 5.32 Å². The van der Waals surface area contributed by atoms with Gasteiger partial charge >= 0.3 is 0 Å². The molecule has 1 aromatic carbocycles. The van der Waals surface area contributed by atoms with Gasteiger partial charge in [-0.05, 0) is 50.8 Å². The highest BCUT2D eigenvalue weighted by Crippen LogP contribution is 2.16. The molecule has 0 aliphatic carbocycles. The van der Waals surface area contributed by atoms with Crippen LogP contribution in [0.4, 0.5) is 0 Å². The van der Waals surface area contributed by atoms with E-state index in [9.17, 15) is 0 Å². The maximum atomic E-state index is 4.54. The quantitative estimate of drug-likeness (QED) is 0.846. The lowest BCUT2D eigenvalue weighted by Gasteiger charge is -2.19. The summed E-state index contributed by atoms with van der Waals surface area (Å²) in [5.41, 5.74) is 5.22. The number of hydrogen-bond acceptors (Lipinski definition) is 2. The number of nitrogens with zero attached hydrogens (tertiary/aromatic N) is 2. The van der Waals surface area contributed by atoms with Crippen molar-refractivity contribution in [3.05, 3.63) is 52.8 Å². The molecule has 21 heavy (non-hydrogen) atoms. The fourth-order valence-electron chi connectivity index (χ4n) is 2.82. The van der Waals surface area contributed by atoms with Gasteiger partial charge in [-0.3, -0.25) is 4.68 Å². The van der Waals surface area contributed by atoms with Crippen LogP contribution in [-0.2, 0) is 19.9 Å². The largest absolute Gasteiger partial charge is 0.313 e. The van der Waals surface area contributed by atoms with Crippen molar-refractivity contribution >= 4 is 0 Å². The van der Waals surface area contributed by atoms with Crippen LogP contribution in [0, 0.1) is 13.8 Å². The Morgan fingerprint density at radius 1 is 1.14 bits per heavy atom. The van der Waals surface area contributed by atoms with Gasteiger partial charge in [0.1, 0.15) is 0 Å². The van der Waals surface area contributed by atoms with Crippen molar-refractivity contribution in [3.63, 3.8) is 0 Å². The van der Waals surface area contributed by atoms with Crippen LogP contribution in [0.15, 0.2) is 30.3 Å². The molecule has 1 atom stereocenters. The number of aromatic nitrogens is 2. The van der Waals surface area contributed by atoms with Crippen molar-refractivity contribution in [2.24, 2.45) is 7.05 Å². The van der Waals surface area contributed by atoms with Crippen LogP contribution in [0.5, 0.6) is 0 Å². The first-order valence-electron chi connectivity index (χ1n) is 7.88. The first-order chi connectivity index (χ1) is 10.1.